The molecule has 1 aliphatic carbocycles. The number of hydrogen-bond acceptors (Lipinski definition) is 10. The highest BCUT2D eigenvalue weighted by molar-refractivity contribution is 8.03. The van der Waals surface area contributed by atoms with Gasteiger partial charge in [0.05, 0.1) is 16.6 Å². The van der Waals surface area contributed by atoms with Crippen LogP contribution in [-0.4, -0.2) is 54.0 Å². The van der Waals surface area contributed by atoms with Crippen molar-refractivity contribution in [1.29, 1.82) is 0 Å². The molecule has 0 unspecified atom stereocenters. The lowest BCUT2D eigenvalue weighted by Crippen LogP contribution is -2.22. The second-order valence-electron chi connectivity index (χ2n) is 9.46. The minimum Gasteiger partial charge on any atom is -0.481 e. The molecule has 5 rings (SSSR count). The average molecular weight is 548 g/mol. The van der Waals surface area contributed by atoms with Crippen molar-refractivity contribution in [2.45, 2.75) is 64.5 Å². The Morgan fingerprint density at radius 1 is 1.21 bits per heavy atom. The van der Waals surface area contributed by atoms with Gasteiger partial charge in [-0.15, -0.1) is 0 Å². The summed E-state index contributed by atoms with van der Waals surface area (Å²) >= 11 is 3.03. The molecule has 1 aliphatic rings. The minimum atomic E-state index is -0.912. The molecule has 4 aromatic heterocycles. The molecular weight excluding hydrogens is 519 g/mol. The van der Waals surface area contributed by atoms with Crippen LogP contribution in [0.1, 0.15) is 69.2 Å². The number of pyridine rings is 1. The number of nitrogens with two attached hydrogens (primary N) is 1. The normalized spacial score (nSPS) is 12.8. The number of anilines is 1. The van der Waals surface area contributed by atoms with E-state index in [1.807, 2.05) is 26.0 Å². The fourth-order valence-electron chi connectivity index (χ4n) is 4.22. The first-order chi connectivity index (χ1) is 18.8. The van der Waals surface area contributed by atoms with Crippen molar-refractivity contribution < 1.29 is 19.2 Å². The van der Waals surface area contributed by atoms with Gasteiger partial charge in [-0.25, -0.2) is 27.1 Å². The zero-order valence-corrected chi connectivity index (χ0v) is 22.6. The van der Waals surface area contributed by atoms with E-state index >= 15 is 0 Å². The number of nitrogen functional groups attached to an aromatic ring is 1. The third kappa shape index (κ3) is 6.22. The Labute approximate surface area is 231 Å². The van der Waals surface area contributed by atoms with E-state index in [4.69, 9.17) is 20.5 Å². The number of nitrogens with one attached hydrogen (secondary N) is 1. The van der Waals surface area contributed by atoms with Gasteiger partial charge in [0, 0.05) is 37.5 Å². The molecule has 1 saturated carbocycles. The molecule has 0 atom stereocenters. The monoisotopic (exact) mass is 548 g/mol. The van der Waals surface area contributed by atoms with E-state index in [1.165, 1.54) is 6.33 Å². The highest BCUT2D eigenvalue weighted by atomic mass is 32.1. The molecule has 0 spiro atoms. The molecule has 0 bridgehead atoms. The average Bonchev–Trinajstić information content (AvgIpc) is 3.55. The number of amides is 1. The van der Waals surface area contributed by atoms with E-state index in [-0.39, 0.29) is 30.7 Å². The zero-order chi connectivity index (χ0) is 28.1. The van der Waals surface area contributed by atoms with Crippen LogP contribution in [0.25, 0.3) is 33.7 Å². The third-order valence-corrected chi connectivity index (χ3v) is 6.26. The molecule has 202 valence electrons. The van der Waals surface area contributed by atoms with Crippen LogP contribution in [0.3, 0.4) is 0 Å². The lowest BCUT2D eigenvalue weighted by Gasteiger charge is -2.07. The van der Waals surface area contributed by atoms with Gasteiger partial charge in [-0.2, -0.15) is 5.10 Å². The maximum atomic E-state index is 12.0. The van der Waals surface area contributed by atoms with Crippen LogP contribution in [0.2, 0.25) is 0 Å². The maximum absolute atomic E-state index is 12.0. The van der Waals surface area contributed by atoms with Crippen molar-refractivity contribution in [3.05, 3.63) is 36.0 Å². The van der Waals surface area contributed by atoms with Gasteiger partial charge >= 0.3 is 5.97 Å². The summed E-state index contributed by atoms with van der Waals surface area (Å²) in [5, 5.41) is 21.3. The molecule has 14 heteroatoms. The Morgan fingerprint density at radius 3 is 2.62 bits per heavy atom. The van der Waals surface area contributed by atoms with Crippen LogP contribution >= 0.6 is 12.5 Å². The quantitative estimate of drug-likeness (QED) is 0.170. The Morgan fingerprint density at radius 2 is 1.97 bits per heavy atom. The van der Waals surface area contributed by atoms with Crippen molar-refractivity contribution in [2.75, 3.05) is 5.73 Å². The van der Waals surface area contributed by atoms with Gasteiger partial charge in [-0.3, -0.25) is 14.6 Å². The highest BCUT2D eigenvalue weighted by Gasteiger charge is 2.35. The van der Waals surface area contributed by atoms with Crippen LogP contribution in [0, 0.1) is 0 Å². The lowest BCUT2D eigenvalue weighted by atomic mass is 10.0. The SMILES string of the molecule is CC(C)n1nc(-c2noc(C3CC3)c2-c2ccc(CNC(=O)CCCC(=O)O)cn2)c2c(N)ncnc21.[B]S. The van der Waals surface area contributed by atoms with Crippen molar-refractivity contribution in [1.82, 2.24) is 35.2 Å². The molecule has 1 fully saturated rings. The van der Waals surface area contributed by atoms with E-state index in [1.54, 1.807) is 10.9 Å². The second kappa shape index (κ2) is 12.3. The third-order valence-electron chi connectivity index (χ3n) is 6.26. The summed E-state index contributed by atoms with van der Waals surface area (Å²) in [5.41, 5.74) is 10.2. The molecule has 2 radical (unpaired) electrons. The van der Waals surface area contributed by atoms with Gasteiger partial charge in [0.25, 0.3) is 0 Å². The number of carbonyl (C=O) groups excluding carboxylic acids is 1. The van der Waals surface area contributed by atoms with Gasteiger partial charge in [0.1, 0.15) is 29.3 Å². The standard InChI is InChI=1S/C25H28N8O4.BHS/c1-13(2)33-25-20(24(26)29-12-30-25)21(31-33)22-19(23(37-32-22)15-7-8-15)16-9-6-14(10-27-16)11-28-17(34)4-3-5-18(35)36;1-2/h6,9-10,12-13,15H,3-5,7-8,11H2,1-2H3,(H,28,34)(H,35,36)(H2,26,29,30);2H. The molecule has 0 aromatic carbocycles. The number of carboxylic acid groups (broad SMARTS) is 1. The summed E-state index contributed by atoms with van der Waals surface area (Å²) < 4.78 is 7.63. The summed E-state index contributed by atoms with van der Waals surface area (Å²) in [4.78, 5) is 35.8. The zero-order valence-electron chi connectivity index (χ0n) is 21.7. The van der Waals surface area contributed by atoms with Gasteiger partial charge in [0.2, 0.25) is 5.91 Å². The number of thiol groups is 1. The Kier molecular flexibility index (Phi) is 8.84. The lowest BCUT2D eigenvalue weighted by molar-refractivity contribution is -0.137. The van der Waals surface area contributed by atoms with E-state index in [9.17, 15) is 9.59 Å². The second-order valence-corrected chi connectivity index (χ2v) is 9.46. The molecule has 12 nitrogen and oxygen atoms in total. The first kappa shape index (κ1) is 28.1. The molecule has 4 heterocycles. The van der Waals surface area contributed by atoms with E-state index in [0.717, 1.165) is 29.7 Å². The van der Waals surface area contributed by atoms with Gasteiger partial charge in [0.15, 0.2) is 12.8 Å². The fourth-order valence-corrected chi connectivity index (χ4v) is 4.22. The summed E-state index contributed by atoms with van der Waals surface area (Å²) in [6, 6.07) is 3.80. The summed E-state index contributed by atoms with van der Waals surface area (Å²) in [6.45, 7) is 4.32. The van der Waals surface area contributed by atoms with E-state index < -0.39 is 5.97 Å². The van der Waals surface area contributed by atoms with Crippen molar-refractivity contribution in [3.63, 3.8) is 0 Å². The summed E-state index contributed by atoms with van der Waals surface area (Å²) in [7, 11) is 4.19. The molecule has 1 amide bonds. The molecule has 0 aliphatic heterocycles. The van der Waals surface area contributed by atoms with E-state index in [0.29, 0.717) is 46.9 Å². The van der Waals surface area contributed by atoms with Gasteiger partial charge < -0.3 is 20.7 Å². The van der Waals surface area contributed by atoms with Gasteiger partial charge in [-0.1, -0.05) is 11.2 Å². The van der Waals surface area contributed by atoms with Crippen LogP contribution < -0.4 is 11.1 Å². The first-order valence-electron chi connectivity index (χ1n) is 12.5. The van der Waals surface area contributed by atoms with E-state index in [2.05, 4.69) is 45.0 Å². The molecule has 4 N–H and O–H groups in total. The number of fused-ring (bicyclic) bond motifs is 1. The minimum absolute atomic E-state index is 0.0312. The van der Waals surface area contributed by atoms with Crippen LogP contribution in [-0.2, 0) is 16.1 Å². The molecular formula is C25H29BN8O4S. The van der Waals surface area contributed by atoms with Gasteiger partial charge in [-0.05, 0) is 44.7 Å². The number of carbonyl (C=O) groups is 2. The topological polar surface area (TPSA) is 175 Å². The molecule has 4 aromatic rings. The number of rotatable bonds is 10. The predicted octanol–water partition coefficient (Wildman–Crippen LogP) is 3.45. The summed E-state index contributed by atoms with van der Waals surface area (Å²) in [6.07, 6.45) is 5.58. The Balaban J connectivity index is 0.00000172. The van der Waals surface area contributed by atoms with Crippen molar-refractivity contribution >= 4 is 48.3 Å². The Hall–Kier alpha value is -3.94. The predicted molar refractivity (Wildman–Crippen MR) is 149 cm³/mol. The fraction of sp³-hybridized carbons (Fsp3) is 0.400. The Bertz CT molecular complexity index is 1470. The van der Waals surface area contributed by atoms with Crippen LogP contribution in [0.4, 0.5) is 5.82 Å². The molecule has 0 saturated heterocycles. The number of carboxylic acids is 1. The molecule has 39 heavy (non-hydrogen) atoms. The van der Waals surface area contributed by atoms with Crippen molar-refractivity contribution in [2.24, 2.45) is 0 Å². The number of aromatic nitrogens is 6. The number of aliphatic carboxylic acids is 1. The number of nitrogens with zero attached hydrogens (tertiary/aromatic N) is 6. The first-order valence-corrected chi connectivity index (χ1v) is 13.0. The summed E-state index contributed by atoms with van der Waals surface area (Å²) in [5.74, 6) is 0.247. The maximum Gasteiger partial charge on any atom is 0.303 e. The number of hydrogen-bond donors (Lipinski definition) is 4. The van der Waals surface area contributed by atoms with Crippen LogP contribution in [0.5, 0.6) is 0 Å². The largest absolute Gasteiger partial charge is 0.481 e. The van der Waals surface area contributed by atoms with Crippen molar-refractivity contribution in [3.8, 4) is 22.6 Å². The highest BCUT2D eigenvalue weighted by Crippen LogP contribution is 2.48. The van der Waals surface area contributed by atoms with Crippen LogP contribution in [0.15, 0.2) is 29.2 Å². The smallest absolute Gasteiger partial charge is 0.303 e.